The number of hydrogen-bond donors (Lipinski definition) is 3. The molecule has 0 unspecified atom stereocenters. The van der Waals surface area contributed by atoms with E-state index in [2.05, 4.69) is 31.2 Å². The van der Waals surface area contributed by atoms with Crippen molar-refractivity contribution in [3.8, 4) is 5.82 Å². The van der Waals surface area contributed by atoms with E-state index in [9.17, 15) is 9.18 Å². The van der Waals surface area contributed by atoms with E-state index >= 15 is 0 Å². The third-order valence-electron chi connectivity index (χ3n) is 3.28. The Morgan fingerprint density at radius 2 is 2.08 bits per heavy atom. The fraction of sp³-hybridized carbons (Fsp3) is 0.125. The molecule has 26 heavy (non-hydrogen) atoms. The highest BCUT2D eigenvalue weighted by Crippen LogP contribution is 2.19. The van der Waals surface area contributed by atoms with Crippen molar-refractivity contribution in [3.63, 3.8) is 0 Å². The van der Waals surface area contributed by atoms with E-state index in [1.165, 1.54) is 18.2 Å². The summed E-state index contributed by atoms with van der Waals surface area (Å²) in [5.74, 6) is 0.644. The summed E-state index contributed by atoms with van der Waals surface area (Å²) in [6, 6.07) is 8.87. The summed E-state index contributed by atoms with van der Waals surface area (Å²) in [4.78, 5) is 11.8. The van der Waals surface area contributed by atoms with Crippen LogP contribution in [0.15, 0.2) is 48.8 Å². The van der Waals surface area contributed by atoms with Gasteiger partial charge in [0.1, 0.15) is 11.6 Å². The summed E-state index contributed by atoms with van der Waals surface area (Å²) >= 11 is 5.66. The molecule has 10 heteroatoms. The van der Waals surface area contributed by atoms with Crippen LogP contribution < -0.4 is 16.0 Å². The normalized spacial score (nSPS) is 10.4. The topological polar surface area (TPSA) is 96.8 Å². The first kappa shape index (κ1) is 17.6. The zero-order valence-corrected chi connectivity index (χ0v) is 14.2. The van der Waals surface area contributed by atoms with E-state index in [0.29, 0.717) is 30.4 Å². The first-order valence-electron chi connectivity index (χ1n) is 7.69. The second-order valence-corrected chi connectivity index (χ2v) is 5.57. The van der Waals surface area contributed by atoms with Gasteiger partial charge in [-0.2, -0.15) is 5.10 Å². The zero-order chi connectivity index (χ0) is 18.4. The molecule has 0 fully saturated rings. The molecule has 134 valence electrons. The summed E-state index contributed by atoms with van der Waals surface area (Å²) in [7, 11) is 0. The van der Waals surface area contributed by atoms with Crippen LogP contribution >= 0.6 is 11.6 Å². The summed E-state index contributed by atoms with van der Waals surface area (Å²) in [6.07, 6.45) is 3.43. The average molecular weight is 376 g/mol. The van der Waals surface area contributed by atoms with Crippen LogP contribution in [0.5, 0.6) is 0 Å². The molecule has 0 aliphatic carbocycles. The SMILES string of the molecule is O=C(NCCNc1ccc(-n2cccn2)nn1)Nc1ccc(F)c(Cl)c1. The van der Waals surface area contributed by atoms with Gasteiger partial charge in [0.25, 0.3) is 0 Å². The minimum Gasteiger partial charge on any atom is -0.367 e. The molecule has 0 atom stereocenters. The number of hydrogen-bond acceptors (Lipinski definition) is 5. The number of carbonyl (C=O) groups is 1. The number of rotatable bonds is 6. The van der Waals surface area contributed by atoms with Crippen LogP contribution in [0.1, 0.15) is 0 Å². The van der Waals surface area contributed by atoms with Gasteiger partial charge in [-0.1, -0.05) is 11.6 Å². The quantitative estimate of drug-likeness (QED) is 0.575. The molecule has 3 aromatic rings. The summed E-state index contributed by atoms with van der Waals surface area (Å²) < 4.78 is 14.7. The standard InChI is InChI=1S/C16H15ClFN7O/c17-12-10-11(2-3-13(12)18)22-16(26)20-8-7-19-14-4-5-15(24-23-14)25-9-1-6-21-25/h1-6,9-10H,7-8H2,(H,19,23)(H2,20,22,26). The molecule has 0 aliphatic rings. The fourth-order valence-electron chi connectivity index (χ4n) is 2.06. The van der Waals surface area contributed by atoms with E-state index in [0.717, 1.165) is 0 Å². The van der Waals surface area contributed by atoms with Crippen molar-refractivity contribution in [2.45, 2.75) is 0 Å². The van der Waals surface area contributed by atoms with Crippen molar-refractivity contribution in [3.05, 3.63) is 59.6 Å². The summed E-state index contributed by atoms with van der Waals surface area (Å²) in [6.45, 7) is 0.802. The third kappa shape index (κ3) is 4.67. The Hall–Kier alpha value is -3.20. The van der Waals surface area contributed by atoms with Gasteiger partial charge in [0.15, 0.2) is 5.82 Å². The summed E-state index contributed by atoms with van der Waals surface area (Å²) in [5.41, 5.74) is 0.405. The van der Waals surface area contributed by atoms with Crippen LogP contribution in [0.4, 0.5) is 20.7 Å². The Bertz CT molecular complexity index is 871. The van der Waals surface area contributed by atoms with Gasteiger partial charge in [-0.05, 0) is 36.4 Å². The zero-order valence-electron chi connectivity index (χ0n) is 13.5. The highest BCUT2D eigenvalue weighted by atomic mass is 35.5. The maximum atomic E-state index is 13.1. The monoisotopic (exact) mass is 375 g/mol. The Kier molecular flexibility index (Phi) is 5.59. The molecule has 0 bridgehead atoms. The number of halogens is 2. The molecule has 0 aliphatic heterocycles. The highest BCUT2D eigenvalue weighted by Gasteiger charge is 2.05. The predicted octanol–water partition coefficient (Wildman–Crippen LogP) is 2.69. The number of anilines is 2. The van der Waals surface area contributed by atoms with Crippen LogP contribution in [0.2, 0.25) is 5.02 Å². The van der Waals surface area contributed by atoms with Gasteiger partial charge in [0.2, 0.25) is 0 Å². The molecule has 0 spiro atoms. The second-order valence-electron chi connectivity index (χ2n) is 5.16. The van der Waals surface area contributed by atoms with Crippen molar-refractivity contribution in [1.82, 2.24) is 25.3 Å². The first-order chi connectivity index (χ1) is 12.6. The molecule has 0 saturated heterocycles. The van der Waals surface area contributed by atoms with E-state index in [1.807, 2.05) is 0 Å². The molecule has 3 N–H and O–H groups in total. The van der Waals surface area contributed by atoms with Crippen molar-refractivity contribution in [2.75, 3.05) is 23.7 Å². The lowest BCUT2D eigenvalue weighted by Gasteiger charge is -2.09. The third-order valence-corrected chi connectivity index (χ3v) is 3.57. The lowest BCUT2D eigenvalue weighted by molar-refractivity contribution is 0.252. The molecule has 1 aromatic carbocycles. The number of nitrogens with one attached hydrogen (secondary N) is 3. The molecular formula is C16H15ClFN7O. The Morgan fingerprint density at radius 3 is 2.77 bits per heavy atom. The predicted molar refractivity (Wildman–Crippen MR) is 96.1 cm³/mol. The maximum Gasteiger partial charge on any atom is 0.319 e. The van der Waals surface area contributed by atoms with E-state index in [1.54, 1.807) is 35.3 Å². The van der Waals surface area contributed by atoms with Crippen molar-refractivity contribution >= 4 is 29.1 Å². The molecule has 0 radical (unpaired) electrons. The van der Waals surface area contributed by atoms with Crippen LogP contribution in [0.25, 0.3) is 5.82 Å². The number of nitrogens with zero attached hydrogens (tertiary/aromatic N) is 4. The Balaban J connectivity index is 1.40. The van der Waals surface area contributed by atoms with E-state index in [-0.39, 0.29) is 5.02 Å². The number of aromatic nitrogens is 4. The molecule has 2 amide bonds. The molecule has 2 heterocycles. The van der Waals surface area contributed by atoms with Gasteiger partial charge >= 0.3 is 6.03 Å². The van der Waals surface area contributed by atoms with Gasteiger partial charge in [-0.3, -0.25) is 0 Å². The van der Waals surface area contributed by atoms with Gasteiger partial charge in [0.05, 0.1) is 5.02 Å². The minimum absolute atomic E-state index is 0.0541. The van der Waals surface area contributed by atoms with Crippen LogP contribution in [-0.2, 0) is 0 Å². The molecule has 2 aromatic heterocycles. The lowest BCUT2D eigenvalue weighted by Crippen LogP contribution is -2.32. The van der Waals surface area contributed by atoms with Gasteiger partial charge in [-0.25, -0.2) is 13.9 Å². The highest BCUT2D eigenvalue weighted by molar-refractivity contribution is 6.31. The maximum absolute atomic E-state index is 13.1. The van der Waals surface area contributed by atoms with Gasteiger partial charge < -0.3 is 16.0 Å². The van der Waals surface area contributed by atoms with Crippen LogP contribution in [0, 0.1) is 5.82 Å². The number of urea groups is 1. The fourth-order valence-corrected chi connectivity index (χ4v) is 2.24. The first-order valence-corrected chi connectivity index (χ1v) is 8.07. The smallest absolute Gasteiger partial charge is 0.319 e. The van der Waals surface area contributed by atoms with E-state index < -0.39 is 11.8 Å². The lowest BCUT2D eigenvalue weighted by atomic mass is 10.3. The van der Waals surface area contributed by atoms with Gasteiger partial charge in [0, 0.05) is 31.2 Å². The number of carbonyl (C=O) groups excluding carboxylic acids is 1. The number of amides is 2. The van der Waals surface area contributed by atoms with Crippen LogP contribution in [0.3, 0.4) is 0 Å². The minimum atomic E-state index is -0.540. The van der Waals surface area contributed by atoms with Gasteiger partial charge in [-0.15, -0.1) is 10.2 Å². The van der Waals surface area contributed by atoms with Crippen molar-refractivity contribution < 1.29 is 9.18 Å². The van der Waals surface area contributed by atoms with Crippen molar-refractivity contribution in [2.24, 2.45) is 0 Å². The molecule has 8 nitrogen and oxygen atoms in total. The van der Waals surface area contributed by atoms with E-state index in [4.69, 9.17) is 11.6 Å². The van der Waals surface area contributed by atoms with Crippen LogP contribution in [-0.4, -0.2) is 39.1 Å². The van der Waals surface area contributed by atoms with Crippen molar-refractivity contribution in [1.29, 1.82) is 0 Å². The average Bonchev–Trinajstić information content (AvgIpc) is 3.17. The largest absolute Gasteiger partial charge is 0.367 e. The Labute approximate surface area is 153 Å². The molecule has 0 saturated carbocycles. The molecular weight excluding hydrogens is 361 g/mol. The number of benzene rings is 1. The Morgan fingerprint density at radius 1 is 1.19 bits per heavy atom. The summed E-state index contributed by atoms with van der Waals surface area (Å²) in [5, 5.41) is 20.4. The molecule has 3 rings (SSSR count). The second kappa shape index (κ2) is 8.26.